The molecule has 0 saturated carbocycles. The van der Waals surface area contributed by atoms with Crippen molar-refractivity contribution in [2.75, 3.05) is 25.3 Å². The number of amides is 1. The third-order valence-electron chi connectivity index (χ3n) is 6.23. The molecule has 0 atom stereocenters. The second-order valence-corrected chi connectivity index (χ2v) is 11.2. The normalized spacial score (nSPS) is 11.4. The molecule has 0 aliphatic heterocycles. The zero-order chi connectivity index (χ0) is 29.4. The van der Waals surface area contributed by atoms with Gasteiger partial charge in [0.05, 0.1) is 11.2 Å². The Kier molecular flexibility index (Phi) is 9.73. The number of aliphatic imine (C=N–C) groups is 1. The van der Waals surface area contributed by atoms with Gasteiger partial charge in [-0.1, -0.05) is 74.5 Å². The Bertz CT molecular complexity index is 1440. The summed E-state index contributed by atoms with van der Waals surface area (Å²) < 4.78 is 16.9. The number of carbonyl (C=O) groups is 1. The van der Waals surface area contributed by atoms with Gasteiger partial charge in [0.2, 0.25) is 0 Å². The third-order valence-corrected chi connectivity index (χ3v) is 6.23. The van der Waals surface area contributed by atoms with Gasteiger partial charge < -0.3 is 14.2 Å². The first-order valence-corrected chi connectivity index (χ1v) is 13.9. The van der Waals surface area contributed by atoms with Crippen molar-refractivity contribution >= 4 is 34.2 Å². The summed E-state index contributed by atoms with van der Waals surface area (Å²) in [5.41, 5.74) is 3.42. The lowest BCUT2D eigenvalue weighted by Gasteiger charge is -2.27. The standard InChI is InChI=1S/C34H39N3O4/c1-24(2)19-20-37(33(38)41-34(3,4)5)31-18-17-27-21-30(40-23-39-6)29(22-28(27)35-31)36-32(25-13-9-7-10-14-25)26-15-11-8-12-16-26/h7-18,21-22,24H,19-20,23H2,1-6H3. The third kappa shape index (κ3) is 8.14. The number of carbonyl (C=O) groups excluding carboxylic acids is 1. The maximum Gasteiger partial charge on any atom is 0.416 e. The SMILES string of the molecule is COCOc1cc2ccc(N(CCC(C)C)C(=O)OC(C)(C)C)nc2cc1N=C(c1ccccc1)c1ccccc1. The van der Waals surface area contributed by atoms with E-state index in [-0.39, 0.29) is 6.79 Å². The zero-order valence-electron chi connectivity index (χ0n) is 24.8. The predicted octanol–water partition coefficient (Wildman–Crippen LogP) is 8.17. The minimum absolute atomic E-state index is 0.0766. The molecule has 0 fully saturated rings. The molecule has 214 valence electrons. The first-order chi connectivity index (χ1) is 19.6. The van der Waals surface area contributed by atoms with Gasteiger partial charge in [-0.15, -0.1) is 0 Å². The van der Waals surface area contributed by atoms with Crippen LogP contribution in [0.4, 0.5) is 16.3 Å². The van der Waals surface area contributed by atoms with Crippen molar-refractivity contribution < 1.29 is 19.0 Å². The van der Waals surface area contributed by atoms with Crippen molar-refractivity contribution in [3.63, 3.8) is 0 Å². The highest BCUT2D eigenvalue weighted by Crippen LogP contribution is 2.35. The summed E-state index contributed by atoms with van der Waals surface area (Å²) in [7, 11) is 1.58. The molecule has 0 aliphatic carbocycles. The molecular weight excluding hydrogens is 514 g/mol. The molecule has 4 aromatic rings. The summed E-state index contributed by atoms with van der Waals surface area (Å²) in [6.07, 6.45) is 0.397. The molecule has 0 N–H and O–H groups in total. The fraction of sp³-hybridized carbons (Fsp3) is 0.324. The van der Waals surface area contributed by atoms with Gasteiger partial charge in [0.1, 0.15) is 22.9 Å². The summed E-state index contributed by atoms with van der Waals surface area (Å²) in [6, 6.07) is 27.7. The lowest BCUT2D eigenvalue weighted by molar-refractivity contribution is 0.0516. The summed E-state index contributed by atoms with van der Waals surface area (Å²) in [4.78, 5) is 24.8. The monoisotopic (exact) mass is 553 g/mol. The van der Waals surface area contributed by atoms with Gasteiger partial charge in [0, 0.05) is 30.2 Å². The highest BCUT2D eigenvalue weighted by atomic mass is 16.7. The summed E-state index contributed by atoms with van der Waals surface area (Å²) in [6.45, 7) is 10.4. The number of benzene rings is 3. The first kappa shape index (κ1) is 29.7. The fourth-order valence-corrected chi connectivity index (χ4v) is 4.22. The summed E-state index contributed by atoms with van der Waals surface area (Å²) in [5.74, 6) is 1.51. The molecule has 1 heterocycles. The summed E-state index contributed by atoms with van der Waals surface area (Å²) >= 11 is 0. The van der Waals surface area contributed by atoms with Crippen LogP contribution >= 0.6 is 0 Å². The smallest absolute Gasteiger partial charge is 0.416 e. The van der Waals surface area contributed by atoms with Gasteiger partial charge in [-0.25, -0.2) is 14.8 Å². The van der Waals surface area contributed by atoms with E-state index in [0.717, 1.165) is 28.6 Å². The van der Waals surface area contributed by atoms with Crippen molar-refractivity contribution in [3.8, 4) is 5.75 Å². The number of nitrogens with zero attached hydrogens (tertiary/aromatic N) is 3. The lowest BCUT2D eigenvalue weighted by Crippen LogP contribution is -2.38. The Balaban J connectivity index is 1.85. The lowest BCUT2D eigenvalue weighted by atomic mass is 10.0. The summed E-state index contributed by atoms with van der Waals surface area (Å²) in [5, 5.41) is 0.854. The van der Waals surface area contributed by atoms with Gasteiger partial charge in [-0.2, -0.15) is 0 Å². The van der Waals surface area contributed by atoms with Crippen LogP contribution in [0.2, 0.25) is 0 Å². The molecular formula is C34H39N3O4. The topological polar surface area (TPSA) is 73.2 Å². The number of pyridine rings is 1. The molecule has 4 rings (SSSR count). The molecule has 1 aromatic heterocycles. The van der Waals surface area contributed by atoms with E-state index in [1.54, 1.807) is 12.0 Å². The maximum atomic E-state index is 13.2. The molecule has 7 nitrogen and oxygen atoms in total. The highest BCUT2D eigenvalue weighted by molar-refractivity contribution is 6.14. The van der Waals surface area contributed by atoms with Crippen LogP contribution in [0, 0.1) is 5.92 Å². The molecule has 41 heavy (non-hydrogen) atoms. The quantitative estimate of drug-likeness (QED) is 0.146. The second-order valence-electron chi connectivity index (χ2n) is 11.2. The van der Waals surface area contributed by atoms with E-state index in [4.69, 9.17) is 24.2 Å². The van der Waals surface area contributed by atoms with Crippen molar-refractivity contribution in [1.29, 1.82) is 0 Å². The van der Waals surface area contributed by atoms with Crippen LogP contribution in [-0.2, 0) is 9.47 Å². The molecule has 0 aliphatic rings. The number of fused-ring (bicyclic) bond motifs is 1. The molecule has 0 radical (unpaired) electrons. The van der Waals surface area contributed by atoms with Crippen molar-refractivity contribution in [3.05, 3.63) is 96.1 Å². The average Bonchev–Trinajstić information content (AvgIpc) is 2.94. The second kappa shape index (κ2) is 13.4. The van der Waals surface area contributed by atoms with Crippen LogP contribution in [0.1, 0.15) is 52.2 Å². The number of anilines is 1. The molecule has 3 aromatic carbocycles. The molecule has 0 saturated heterocycles. The molecule has 7 heteroatoms. The Morgan fingerprint density at radius 2 is 1.56 bits per heavy atom. The van der Waals surface area contributed by atoms with Gasteiger partial charge in [0.25, 0.3) is 0 Å². The Labute approximate surface area is 242 Å². The van der Waals surface area contributed by atoms with E-state index in [2.05, 4.69) is 13.8 Å². The Morgan fingerprint density at radius 1 is 0.927 bits per heavy atom. The van der Waals surface area contributed by atoms with Gasteiger partial charge in [0.15, 0.2) is 6.79 Å². The number of aromatic nitrogens is 1. The minimum Gasteiger partial charge on any atom is -0.465 e. The average molecular weight is 554 g/mol. The minimum atomic E-state index is -0.620. The highest BCUT2D eigenvalue weighted by Gasteiger charge is 2.25. The molecule has 1 amide bonds. The van der Waals surface area contributed by atoms with E-state index in [0.29, 0.717) is 35.2 Å². The van der Waals surface area contributed by atoms with Crippen LogP contribution < -0.4 is 9.64 Å². The number of methoxy groups -OCH3 is 1. The number of hydrogen-bond donors (Lipinski definition) is 0. The van der Waals surface area contributed by atoms with Crippen LogP contribution in [0.5, 0.6) is 5.75 Å². The van der Waals surface area contributed by atoms with Gasteiger partial charge in [-0.3, -0.25) is 4.90 Å². The largest absolute Gasteiger partial charge is 0.465 e. The molecule has 0 spiro atoms. The maximum absolute atomic E-state index is 13.2. The number of rotatable bonds is 10. The van der Waals surface area contributed by atoms with E-state index in [1.807, 2.05) is 106 Å². The zero-order valence-corrected chi connectivity index (χ0v) is 24.8. The Hall–Kier alpha value is -4.23. The van der Waals surface area contributed by atoms with Crippen molar-refractivity contribution in [2.24, 2.45) is 10.9 Å². The predicted molar refractivity (Wildman–Crippen MR) is 165 cm³/mol. The van der Waals surface area contributed by atoms with Crippen LogP contribution in [0.3, 0.4) is 0 Å². The Morgan fingerprint density at radius 3 is 2.12 bits per heavy atom. The fourth-order valence-electron chi connectivity index (χ4n) is 4.22. The van der Waals surface area contributed by atoms with E-state index in [1.165, 1.54) is 0 Å². The van der Waals surface area contributed by atoms with Gasteiger partial charge in [-0.05, 0) is 57.4 Å². The number of ether oxygens (including phenoxy) is 3. The number of hydrogen-bond acceptors (Lipinski definition) is 6. The van der Waals surface area contributed by atoms with E-state index < -0.39 is 11.7 Å². The first-order valence-electron chi connectivity index (χ1n) is 13.9. The van der Waals surface area contributed by atoms with Crippen molar-refractivity contribution in [2.45, 2.75) is 46.6 Å². The van der Waals surface area contributed by atoms with Crippen LogP contribution in [-0.4, -0.2) is 42.8 Å². The van der Waals surface area contributed by atoms with Crippen LogP contribution in [0.25, 0.3) is 10.9 Å². The van der Waals surface area contributed by atoms with Crippen molar-refractivity contribution in [1.82, 2.24) is 4.98 Å². The molecule has 0 bridgehead atoms. The van der Waals surface area contributed by atoms with E-state index >= 15 is 0 Å². The van der Waals surface area contributed by atoms with Gasteiger partial charge >= 0.3 is 6.09 Å². The van der Waals surface area contributed by atoms with Crippen LogP contribution in [0.15, 0.2) is 89.9 Å². The van der Waals surface area contributed by atoms with E-state index in [9.17, 15) is 4.79 Å². The molecule has 0 unspecified atom stereocenters.